The monoisotopic (exact) mass is 267 g/mol. The van der Waals surface area contributed by atoms with Crippen LogP contribution in [0.5, 0.6) is 0 Å². The van der Waals surface area contributed by atoms with Crippen molar-refractivity contribution in [2.45, 2.75) is 25.4 Å². The molecule has 0 saturated heterocycles. The molecule has 2 atom stereocenters. The molecule has 0 fully saturated rings. The van der Waals surface area contributed by atoms with Gasteiger partial charge in [-0.1, -0.05) is 6.92 Å². The lowest BCUT2D eigenvalue weighted by Gasteiger charge is -2.31. The molecule has 19 heavy (non-hydrogen) atoms. The molecule has 1 rings (SSSR count). The van der Waals surface area contributed by atoms with Gasteiger partial charge in [0.05, 0.1) is 18.8 Å². The molecule has 0 spiro atoms. The first kappa shape index (κ1) is 15.7. The van der Waals surface area contributed by atoms with Crippen LogP contribution in [0, 0.1) is 0 Å². The third-order valence-electron chi connectivity index (χ3n) is 3.30. The summed E-state index contributed by atoms with van der Waals surface area (Å²) in [6.07, 6.45) is 4.62. The number of amides is 1. The highest BCUT2D eigenvalue weighted by Crippen LogP contribution is 2.23. The van der Waals surface area contributed by atoms with Gasteiger partial charge < -0.3 is 10.6 Å². The maximum absolute atomic E-state index is 11.8. The molecule has 0 aromatic carbocycles. The van der Waals surface area contributed by atoms with Gasteiger partial charge in [0, 0.05) is 38.9 Å². The summed E-state index contributed by atoms with van der Waals surface area (Å²) < 4.78 is 1.76. The standard InChI is InChI=1S/C13H25N5O/c1-6-11(14)13(10-7-15-18(5)8-10)17(4)9-12(19)16(2)3/h7-8,11,13H,6,9,14H2,1-5H3. The van der Waals surface area contributed by atoms with Crippen molar-refractivity contribution in [1.82, 2.24) is 19.6 Å². The van der Waals surface area contributed by atoms with E-state index >= 15 is 0 Å². The molecule has 0 bridgehead atoms. The average Bonchev–Trinajstić information content (AvgIpc) is 2.75. The van der Waals surface area contributed by atoms with E-state index in [1.807, 2.05) is 31.4 Å². The van der Waals surface area contributed by atoms with Crippen molar-refractivity contribution >= 4 is 5.91 Å². The van der Waals surface area contributed by atoms with Crippen molar-refractivity contribution in [2.24, 2.45) is 12.8 Å². The zero-order valence-corrected chi connectivity index (χ0v) is 12.5. The molecule has 0 aliphatic carbocycles. The van der Waals surface area contributed by atoms with Crippen LogP contribution in [0.1, 0.15) is 24.9 Å². The minimum absolute atomic E-state index is 0.00241. The summed E-state index contributed by atoms with van der Waals surface area (Å²) in [6, 6.07) is -0.0215. The lowest BCUT2D eigenvalue weighted by atomic mass is 9.99. The van der Waals surface area contributed by atoms with E-state index in [-0.39, 0.29) is 18.0 Å². The molecule has 0 radical (unpaired) electrons. The predicted molar refractivity (Wildman–Crippen MR) is 75.5 cm³/mol. The highest BCUT2D eigenvalue weighted by Gasteiger charge is 2.26. The van der Waals surface area contributed by atoms with Crippen LogP contribution in [0.4, 0.5) is 0 Å². The maximum Gasteiger partial charge on any atom is 0.236 e. The minimum atomic E-state index is -0.0239. The van der Waals surface area contributed by atoms with E-state index in [1.165, 1.54) is 0 Å². The summed E-state index contributed by atoms with van der Waals surface area (Å²) >= 11 is 0. The SMILES string of the molecule is CCC(N)C(c1cnn(C)c1)N(C)CC(=O)N(C)C. The van der Waals surface area contributed by atoms with Crippen LogP contribution in [0.15, 0.2) is 12.4 Å². The zero-order chi connectivity index (χ0) is 14.6. The maximum atomic E-state index is 11.8. The Hall–Kier alpha value is -1.40. The van der Waals surface area contributed by atoms with E-state index < -0.39 is 0 Å². The van der Waals surface area contributed by atoms with Gasteiger partial charge in [-0.25, -0.2) is 0 Å². The van der Waals surface area contributed by atoms with Gasteiger partial charge >= 0.3 is 0 Å². The lowest BCUT2D eigenvalue weighted by molar-refractivity contribution is -0.130. The normalized spacial score (nSPS) is 14.5. The topological polar surface area (TPSA) is 67.4 Å². The number of carbonyl (C=O) groups excluding carboxylic acids is 1. The van der Waals surface area contributed by atoms with Crippen molar-refractivity contribution in [2.75, 3.05) is 27.7 Å². The molecule has 6 nitrogen and oxygen atoms in total. The van der Waals surface area contributed by atoms with Gasteiger partial charge in [0.2, 0.25) is 5.91 Å². The van der Waals surface area contributed by atoms with Crippen LogP contribution in [0.3, 0.4) is 0 Å². The fraction of sp³-hybridized carbons (Fsp3) is 0.692. The first-order chi connectivity index (χ1) is 8.86. The van der Waals surface area contributed by atoms with Crippen LogP contribution >= 0.6 is 0 Å². The summed E-state index contributed by atoms with van der Waals surface area (Å²) in [5.74, 6) is 0.0692. The number of carbonyl (C=O) groups is 1. The van der Waals surface area contributed by atoms with Crippen molar-refractivity contribution in [3.63, 3.8) is 0 Å². The first-order valence-electron chi connectivity index (χ1n) is 6.51. The van der Waals surface area contributed by atoms with Crippen molar-refractivity contribution in [3.8, 4) is 0 Å². The van der Waals surface area contributed by atoms with E-state index in [2.05, 4.69) is 12.0 Å². The van der Waals surface area contributed by atoms with E-state index in [0.29, 0.717) is 6.54 Å². The van der Waals surface area contributed by atoms with E-state index in [9.17, 15) is 4.79 Å². The second-order valence-corrected chi connectivity index (χ2v) is 5.17. The Balaban J connectivity index is 2.88. The largest absolute Gasteiger partial charge is 0.348 e. The Labute approximate surface area is 115 Å². The number of likely N-dealkylation sites (N-methyl/N-ethyl adjacent to an activating group) is 2. The zero-order valence-electron chi connectivity index (χ0n) is 12.5. The summed E-state index contributed by atoms with van der Waals surface area (Å²) in [7, 11) is 7.32. The minimum Gasteiger partial charge on any atom is -0.348 e. The van der Waals surface area contributed by atoms with Crippen molar-refractivity contribution in [3.05, 3.63) is 18.0 Å². The number of nitrogens with two attached hydrogens (primary N) is 1. The molecule has 108 valence electrons. The number of aromatic nitrogens is 2. The number of nitrogens with zero attached hydrogens (tertiary/aromatic N) is 4. The van der Waals surface area contributed by atoms with Gasteiger partial charge in [-0.15, -0.1) is 0 Å². The van der Waals surface area contributed by atoms with Gasteiger partial charge in [0.1, 0.15) is 0 Å². The number of rotatable bonds is 6. The molecule has 2 N–H and O–H groups in total. The van der Waals surface area contributed by atoms with Gasteiger partial charge in [0.25, 0.3) is 0 Å². The van der Waals surface area contributed by atoms with Crippen LogP contribution in [-0.2, 0) is 11.8 Å². The quantitative estimate of drug-likeness (QED) is 0.800. The van der Waals surface area contributed by atoms with Crippen LogP contribution in [-0.4, -0.2) is 59.2 Å². The number of aryl methyl sites for hydroxylation is 1. The molecule has 1 aromatic heterocycles. The Kier molecular flexibility index (Phi) is 5.50. The van der Waals surface area contributed by atoms with Crippen LogP contribution in [0.2, 0.25) is 0 Å². The van der Waals surface area contributed by atoms with Crippen molar-refractivity contribution in [1.29, 1.82) is 0 Å². The Morgan fingerprint density at radius 1 is 1.47 bits per heavy atom. The third kappa shape index (κ3) is 4.04. The summed E-state index contributed by atoms with van der Waals surface area (Å²) in [6.45, 7) is 2.40. The van der Waals surface area contributed by atoms with E-state index in [1.54, 1.807) is 23.7 Å². The molecule has 6 heteroatoms. The second kappa shape index (κ2) is 6.68. The Morgan fingerprint density at radius 2 is 2.11 bits per heavy atom. The molecule has 0 saturated carbocycles. The van der Waals surface area contributed by atoms with Gasteiger partial charge in [-0.05, 0) is 13.5 Å². The smallest absolute Gasteiger partial charge is 0.236 e. The number of hydrogen-bond acceptors (Lipinski definition) is 4. The Morgan fingerprint density at radius 3 is 2.53 bits per heavy atom. The second-order valence-electron chi connectivity index (χ2n) is 5.17. The first-order valence-corrected chi connectivity index (χ1v) is 6.51. The molecule has 0 aliphatic rings. The van der Waals surface area contributed by atoms with E-state index in [4.69, 9.17) is 5.73 Å². The molecule has 0 aliphatic heterocycles. The van der Waals surface area contributed by atoms with E-state index in [0.717, 1.165) is 12.0 Å². The molecule has 2 unspecified atom stereocenters. The van der Waals surface area contributed by atoms with Crippen molar-refractivity contribution < 1.29 is 4.79 Å². The summed E-state index contributed by atoms with van der Waals surface area (Å²) in [4.78, 5) is 15.4. The fourth-order valence-electron chi connectivity index (χ4n) is 2.10. The lowest BCUT2D eigenvalue weighted by Crippen LogP contribution is -2.43. The number of hydrogen-bond donors (Lipinski definition) is 1. The predicted octanol–water partition coefficient (Wildman–Crippen LogP) is 0.219. The third-order valence-corrected chi connectivity index (χ3v) is 3.30. The highest BCUT2D eigenvalue weighted by atomic mass is 16.2. The Bertz CT molecular complexity index is 415. The molecular weight excluding hydrogens is 242 g/mol. The van der Waals surface area contributed by atoms with Gasteiger partial charge in [-0.2, -0.15) is 5.10 Å². The highest BCUT2D eigenvalue weighted by molar-refractivity contribution is 5.77. The summed E-state index contributed by atoms with van der Waals surface area (Å²) in [5, 5.41) is 4.19. The van der Waals surface area contributed by atoms with Gasteiger partial charge in [-0.3, -0.25) is 14.4 Å². The average molecular weight is 267 g/mol. The molecular formula is C13H25N5O. The summed E-state index contributed by atoms with van der Waals surface area (Å²) in [5.41, 5.74) is 7.25. The molecule has 1 heterocycles. The van der Waals surface area contributed by atoms with Gasteiger partial charge in [0.15, 0.2) is 0 Å². The molecule has 1 aromatic rings. The molecule has 1 amide bonds. The fourth-order valence-corrected chi connectivity index (χ4v) is 2.10. The van der Waals surface area contributed by atoms with Crippen LogP contribution < -0.4 is 5.73 Å². The van der Waals surface area contributed by atoms with Crippen LogP contribution in [0.25, 0.3) is 0 Å².